The first kappa shape index (κ1) is 9.69. The van der Waals surface area contributed by atoms with E-state index in [0.29, 0.717) is 6.04 Å². The van der Waals surface area contributed by atoms with Crippen molar-refractivity contribution in [3.8, 4) is 0 Å². The van der Waals surface area contributed by atoms with E-state index in [1.165, 1.54) is 11.1 Å². The monoisotopic (exact) mass is 191 g/mol. The highest BCUT2D eigenvalue weighted by Crippen LogP contribution is 2.33. The van der Waals surface area contributed by atoms with Crippen molar-refractivity contribution in [1.82, 2.24) is 4.90 Å². The van der Waals surface area contributed by atoms with Gasteiger partial charge in [-0.05, 0) is 30.2 Å². The number of nitrogens with zero attached hydrogens (tertiary/aromatic N) is 1. The molecule has 1 aromatic carbocycles. The molecular formula is C12H17NO. The molecule has 2 heteroatoms. The van der Waals surface area contributed by atoms with E-state index in [9.17, 15) is 0 Å². The Bertz CT molecular complexity index is 335. The van der Waals surface area contributed by atoms with E-state index in [-0.39, 0.29) is 6.61 Å². The smallest absolute Gasteiger partial charge is 0.0681 e. The Morgan fingerprint density at radius 3 is 2.93 bits per heavy atom. The molecule has 0 saturated heterocycles. The Labute approximate surface area is 85.2 Å². The van der Waals surface area contributed by atoms with Gasteiger partial charge in [-0.1, -0.05) is 25.1 Å². The van der Waals surface area contributed by atoms with Crippen LogP contribution in [0.15, 0.2) is 18.2 Å². The molecule has 2 rings (SSSR count). The van der Waals surface area contributed by atoms with Crippen LogP contribution in [0.4, 0.5) is 0 Å². The number of aliphatic hydroxyl groups is 1. The molecule has 0 spiro atoms. The first-order valence-corrected chi connectivity index (χ1v) is 5.23. The van der Waals surface area contributed by atoms with Crippen molar-refractivity contribution in [2.24, 2.45) is 0 Å². The Kier molecular flexibility index (Phi) is 2.57. The second kappa shape index (κ2) is 3.71. The first-order chi connectivity index (χ1) is 6.76. The number of rotatable bonds is 2. The summed E-state index contributed by atoms with van der Waals surface area (Å²) in [6, 6.07) is 6.80. The topological polar surface area (TPSA) is 23.5 Å². The summed E-state index contributed by atoms with van der Waals surface area (Å²) < 4.78 is 0. The third kappa shape index (κ3) is 1.45. The number of hydrogen-bond acceptors (Lipinski definition) is 2. The second-order valence-corrected chi connectivity index (χ2v) is 3.93. The van der Waals surface area contributed by atoms with Gasteiger partial charge >= 0.3 is 0 Å². The molecule has 1 aromatic rings. The fourth-order valence-corrected chi connectivity index (χ4v) is 2.21. The van der Waals surface area contributed by atoms with E-state index in [0.717, 1.165) is 18.7 Å². The van der Waals surface area contributed by atoms with Crippen molar-refractivity contribution in [2.75, 3.05) is 6.54 Å². The van der Waals surface area contributed by atoms with Gasteiger partial charge in [-0.3, -0.25) is 4.90 Å². The molecule has 0 aliphatic carbocycles. The minimum atomic E-state index is 0.145. The molecule has 1 aliphatic rings. The largest absolute Gasteiger partial charge is 0.392 e. The lowest BCUT2D eigenvalue weighted by molar-refractivity contribution is 0.242. The van der Waals surface area contributed by atoms with E-state index < -0.39 is 0 Å². The summed E-state index contributed by atoms with van der Waals surface area (Å²) in [5, 5.41) is 9.06. The molecule has 1 N–H and O–H groups in total. The molecule has 0 saturated carbocycles. The van der Waals surface area contributed by atoms with E-state index in [4.69, 9.17) is 5.11 Å². The molecule has 1 atom stereocenters. The summed E-state index contributed by atoms with van der Waals surface area (Å²) in [6.07, 6.45) is 0. The molecule has 1 unspecified atom stereocenters. The van der Waals surface area contributed by atoms with E-state index in [1.54, 1.807) is 0 Å². The molecule has 76 valence electrons. The predicted octanol–water partition coefficient (Wildman–Crippen LogP) is 2.08. The van der Waals surface area contributed by atoms with Gasteiger partial charge in [-0.15, -0.1) is 0 Å². The Hall–Kier alpha value is -0.860. The molecule has 0 aromatic heterocycles. The Balaban J connectivity index is 2.35. The lowest BCUT2D eigenvalue weighted by Crippen LogP contribution is -2.18. The summed E-state index contributed by atoms with van der Waals surface area (Å²) >= 11 is 0. The van der Waals surface area contributed by atoms with Gasteiger partial charge in [0, 0.05) is 12.6 Å². The van der Waals surface area contributed by atoms with Crippen LogP contribution >= 0.6 is 0 Å². The molecule has 0 bridgehead atoms. The molecule has 1 aliphatic heterocycles. The van der Waals surface area contributed by atoms with Crippen molar-refractivity contribution in [1.29, 1.82) is 0 Å². The molecule has 1 heterocycles. The predicted molar refractivity (Wildman–Crippen MR) is 56.9 cm³/mol. The van der Waals surface area contributed by atoms with Gasteiger partial charge < -0.3 is 5.11 Å². The van der Waals surface area contributed by atoms with Gasteiger partial charge in [-0.2, -0.15) is 0 Å². The Morgan fingerprint density at radius 1 is 1.50 bits per heavy atom. The van der Waals surface area contributed by atoms with Gasteiger partial charge in [0.1, 0.15) is 0 Å². The summed E-state index contributed by atoms with van der Waals surface area (Å²) in [4.78, 5) is 2.44. The van der Waals surface area contributed by atoms with Gasteiger partial charge in [0.2, 0.25) is 0 Å². The maximum atomic E-state index is 9.06. The van der Waals surface area contributed by atoms with Gasteiger partial charge in [0.25, 0.3) is 0 Å². The van der Waals surface area contributed by atoms with Crippen LogP contribution in [0.3, 0.4) is 0 Å². The normalized spacial score (nSPS) is 21.2. The highest BCUT2D eigenvalue weighted by atomic mass is 16.3. The lowest BCUT2D eigenvalue weighted by atomic mass is 10.0. The summed E-state index contributed by atoms with van der Waals surface area (Å²) in [5.74, 6) is 0. The van der Waals surface area contributed by atoms with Crippen LogP contribution in [-0.4, -0.2) is 16.6 Å². The average Bonchev–Trinajstić information content (AvgIpc) is 2.55. The van der Waals surface area contributed by atoms with Crippen molar-refractivity contribution < 1.29 is 5.11 Å². The maximum Gasteiger partial charge on any atom is 0.0681 e. The Morgan fingerprint density at radius 2 is 2.29 bits per heavy atom. The fraction of sp³-hybridized carbons (Fsp3) is 0.500. The number of fused-ring (bicyclic) bond motifs is 1. The summed E-state index contributed by atoms with van der Waals surface area (Å²) in [5.41, 5.74) is 3.82. The van der Waals surface area contributed by atoms with Crippen LogP contribution in [0.5, 0.6) is 0 Å². The van der Waals surface area contributed by atoms with Crippen LogP contribution in [-0.2, 0) is 13.2 Å². The van der Waals surface area contributed by atoms with Crippen LogP contribution < -0.4 is 0 Å². The summed E-state index contributed by atoms with van der Waals surface area (Å²) in [6.45, 7) is 6.71. The number of hydrogen-bond donors (Lipinski definition) is 1. The van der Waals surface area contributed by atoms with E-state index in [2.05, 4.69) is 30.9 Å². The third-order valence-corrected chi connectivity index (χ3v) is 3.17. The highest BCUT2D eigenvalue weighted by molar-refractivity contribution is 5.37. The second-order valence-electron chi connectivity index (χ2n) is 3.93. The van der Waals surface area contributed by atoms with Crippen molar-refractivity contribution in [2.45, 2.75) is 33.0 Å². The number of benzene rings is 1. The SMILES string of the molecule is CCN1Cc2ccc(CO)cc2C1C. The molecule has 0 radical (unpaired) electrons. The zero-order chi connectivity index (χ0) is 10.1. The van der Waals surface area contributed by atoms with Crippen molar-refractivity contribution in [3.63, 3.8) is 0 Å². The number of aliphatic hydroxyl groups excluding tert-OH is 1. The average molecular weight is 191 g/mol. The molecule has 14 heavy (non-hydrogen) atoms. The van der Waals surface area contributed by atoms with Crippen LogP contribution in [0.1, 0.15) is 36.6 Å². The van der Waals surface area contributed by atoms with E-state index >= 15 is 0 Å². The minimum absolute atomic E-state index is 0.145. The quantitative estimate of drug-likeness (QED) is 0.773. The third-order valence-electron chi connectivity index (χ3n) is 3.17. The maximum absolute atomic E-state index is 9.06. The van der Waals surface area contributed by atoms with Crippen LogP contribution in [0, 0.1) is 0 Å². The lowest BCUT2D eigenvalue weighted by Gasteiger charge is -2.18. The van der Waals surface area contributed by atoms with Gasteiger partial charge in [0.05, 0.1) is 6.61 Å². The van der Waals surface area contributed by atoms with E-state index in [1.807, 2.05) is 6.07 Å². The van der Waals surface area contributed by atoms with Crippen molar-refractivity contribution >= 4 is 0 Å². The van der Waals surface area contributed by atoms with Gasteiger partial charge in [-0.25, -0.2) is 0 Å². The molecule has 0 fully saturated rings. The van der Waals surface area contributed by atoms with Crippen LogP contribution in [0.25, 0.3) is 0 Å². The zero-order valence-corrected chi connectivity index (χ0v) is 8.83. The highest BCUT2D eigenvalue weighted by Gasteiger charge is 2.24. The molecular weight excluding hydrogens is 174 g/mol. The fourth-order valence-electron chi connectivity index (χ4n) is 2.21. The zero-order valence-electron chi connectivity index (χ0n) is 8.83. The first-order valence-electron chi connectivity index (χ1n) is 5.23. The molecule has 0 amide bonds. The molecule has 2 nitrogen and oxygen atoms in total. The minimum Gasteiger partial charge on any atom is -0.392 e. The van der Waals surface area contributed by atoms with Gasteiger partial charge in [0.15, 0.2) is 0 Å². The van der Waals surface area contributed by atoms with Crippen molar-refractivity contribution in [3.05, 3.63) is 34.9 Å². The van der Waals surface area contributed by atoms with Crippen LogP contribution in [0.2, 0.25) is 0 Å². The summed E-state index contributed by atoms with van der Waals surface area (Å²) in [7, 11) is 0. The standard InChI is InChI=1S/C12H17NO/c1-3-13-7-11-5-4-10(8-14)6-12(11)9(13)2/h4-6,9,14H,3,7-8H2,1-2H3.